The molecule has 1 fully saturated rings. The molecule has 2 heterocycles. The molecule has 3 atom stereocenters. The van der Waals surface area contributed by atoms with E-state index >= 15 is 0 Å². The van der Waals surface area contributed by atoms with Gasteiger partial charge in [-0.15, -0.1) is 0 Å². The molecule has 5 heteroatoms. The Morgan fingerprint density at radius 2 is 2.10 bits per heavy atom. The Bertz CT molecular complexity index is 571. The summed E-state index contributed by atoms with van der Waals surface area (Å²) in [6, 6.07) is 7.52. The predicted molar refractivity (Wildman–Crippen MR) is 75.8 cm³/mol. The van der Waals surface area contributed by atoms with Crippen LogP contribution < -0.4 is 0 Å². The van der Waals surface area contributed by atoms with Gasteiger partial charge in [0.05, 0.1) is 12.5 Å². The number of rotatable bonds is 2. The fraction of sp³-hybridized carbons (Fsp3) is 0.500. The quantitative estimate of drug-likeness (QED) is 0.898. The minimum absolute atomic E-state index is 0.113. The van der Waals surface area contributed by atoms with E-state index in [1.807, 2.05) is 24.3 Å². The van der Waals surface area contributed by atoms with E-state index in [-0.39, 0.29) is 11.9 Å². The number of carbonyl (C=O) groups is 2. The summed E-state index contributed by atoms with van der Waals surface area (Å²) in [5, 5.41) is 9.18. The Morgan fingerprint density at radius 3 is 2.81 bits per heavy atom. The van der Waals surface area contributed by atoms with E-state index in [2.05, 4.69) is 0 Å². The summed E-state index contributed by atoms with van der Waals surface area (Å²) in [6.07, 6.45) is 0.731. The van der Waals surface area contributed by atoms with Crippen LogP contribution in [0.15, 0.2) is 24.3 Å². The molecule has 1 saturated heterocycles. The van der Waals surface area contributed by atoms with Crippen molar-refractivity contribution in [2.45, 2.75) is 31.9 Å². The Hall–Kier alpha value is -1.88. The highest BCUT2D eigenvalue weighted by atomic mass is 16.5. The van der Waals surface area contributed by atoms with Crippen LogP contribution in [0.3, 0.4) is 0 Å². The lowest BCUT2D eigenvalue weighted by atomic mass is 9.96. The summed E-state index contributed by atoms with van der Waals surface area (Å²) in [5.74, 6) is -1.42. The van der Waals surface area contributed by atoms with Crippen molar-refractivity contribution in [3.05, 3.63) is 35.4 Å². The SMILES string of the molecule is CC1C(C(=O)O)CCN1C(=O)C1OCCc2ccccc21. The number of ether oxygens (including phenoxy) is 1. The number of aliphatic carboxylic acids is 1. The van der Waals surface area contributed by atoms with Crippen LogP contribution in [0.25, 0.3) is 0 Å². The van der Waals surface area contributed by atoms with Crippen molar-refractivity contribution in [1.29, 1.82) is 0 Å². The molecule has 1 aromatic rings. The molecule has 112 valence electrons. The molecule has 1 N–H and O–H groups in total. The lowest BCUT2D eigenvalue weighted by Crippen LogP contribution is -2.42. The van der Waals surface area contributed by atoms with E-state index in [4.69, 9.17) is 4.74 Å². The standard InChI is InChI=1S/C16H19NO4/c1-10-12(16(19)20)6-8-17(10)15(18)14-13-5-3-2-4-11(13)7-9-21-14/h2-5,10,12,14H,6-9H2,1H3,(H,19,20). The van der Waals surface area contributed by atoms with Gasteiger partial charge in [0.1, 0.15) is 0 Å². The highest BCUT2D eigenvalue weighted by Crippen LogP contribution is 2.32. The van der Waals surface area contributed by atoms with Gasteiger partial charge in [-0.25, -0.2) is 0 Å². The molecule has 2 aliphatic heterocycles. The van der Waals surface area contributed by atoms with Crippen molar-refractivity contribution in [3.8, 4) is 0 Å². The monoisotopic (exact) mass is 289 g/mol. The lowest BCUT2D eigenvalue weighted by molar-refractivity contribution is -0.148. The number of likely N-dealkylation sites (tertiary alicyclic amines) is 1. The van der Waals surface area contributed by atoms with Gasteiger partial charge >= 0.3 is 5.97 Å². The van der Waals surface area contributed by atoms with Gasteiger partial charge in [-0.05, 0) is 30.9 Å². The van der Waals surface area contributed by atoms with E-state index in [1.165, 1.54) is 0 Å². The van der Waals surface area contributed by atoms with Crippen LogP contribution in [0.4, 0.5) is 0 Å². The summed E-state index contributed by atoms with van der Waals surface area (Å²) < 4.78 is 5.68. The topological polar surface area (TPSA) is 66.8 Å². The molecule has 1 aromatic carbocycles. The second-order valence-corrected chi connectivity index (χ2v) is 5.71. The Labute approximate surface area is 123 Å². The zero-order valence-corrected chi connectivity index (χ0v) is 12.0. The fourth-order valence-electron chi connectivity index (χ4n) is 3.33. The number of amides is 1. The third kappa shape index (κ3) is 2.42. The average Bonchev–Trinajstić information content (AvgIpc) is 2.88. The van der Waals surface area contributed by atoms with E-state index < -0.39 is 18.0 Å². The first-order valence-electron chi connectivity index (χ1n) is 7.32. The second-order valence-electron chi connectivity index (χ2n) is 5.71. The number of carbonyl (C=O) groups excluding carboxylic acids is 1. The summed E-state index contributed by atoms with van der Waals surface area (Å²) in [4.78, 5) is 25.6. The van der Waals surface area contributed by atoms with Gasteiger partial charge < -0.3 is 14.7 Å². The lowest BCUT2D eigenvalue weighted by Gasteiger charge is -2.31. The molecular formula is C16H19NO4. The second kappa shape index (κ2) is 5.48. The number of nitrogens with zero attached hydrogens (tertiary/aromatic N) is 1. The van der Waals surface area contributed by atoms with Crippen molar-refractivity contribution in [2.24, 2.45) is 5.92 Å². The number of carboxylic acids is 1. The normalized spacial score (nSPS) is 28.2. The highest BCUT2D eigenvalue weighted by Gasteiger charge is 2.41. The molecule has 5 nitrogen and oxygen atoms in total. The Kier molecular flexibility index (Phi) is 3.68. The molecule has 1 amide bonds. The minimum Gasteiger partial charge on any atom is -0.481 e. The first-order valence-corrected chi connectivity index (χ1v) is 7.32. The average molecular weight is 289 g/mol. The van der Waals surface area contributed by atoms with Crippen molar-refractivity contribution in [2.75, 3.05) is 13.2 Å². The van der Waals surface area contributed by atoms with E-state index in [0.717, 1.165) is 17.5 Å². The molecule has 21 heavy (non-hydrogen) atoms. The number of hydrogen-bond acceptors (Lipinski definition) is 3. The van der Waals surface area contributed by atoms with E-state index in [0.29, 0.717) is 19.6 Å². The molecule has 0 saturated carbocycles. The smallest absolute Gasteiger partial charge is 0.308 e. The maximum absolute atomic E-state index is 12.7. The van der Waals surface area contributed by atoms with Crippen LogP contribution in [-0.4, -0.2) is 41.1 Å². The van der Waals surface area contributed by atoms with Crippen molar-refractivity contribution < 1.29 is 19.4 Å². The molecule has 2 aliphatic rings. The van der Waals surface area contributed by atoms with Gasteiger partial charge in [0.25, 0.3) is 5.91 Å². The number of hydrogen-bond donors (Lipinski definition) is 1. The predicted octanol–water partition coefficient (Wildman–Crippen LogP) is 1.62. The molecule has 3 rings (SSSR count). The zero-order chi connectivity index (χ0) is 15.0. The number of fused-ring (bicyclic) bond motifs is 1. The molecule has 0 aromatic heterocycles. The molecule has 0 bridgehead atoms. The molecule has 0 spiro atoms. The van der Waals surface area contributed by atoms with E-state index in [9.17, 15) is 14.7 Å². The maximum atomic E-state index is 12.7. The number of benzene rings is 1. The third-order valence-electron chi connectivity index (χ3n) is 4.57. The summed E-state index contributed by atoms with van der Waals surface area (Å²) in [7, 11) is 0. The first-order chi connectivity index (χ1) is 10.1. The molecule has 0 radical (unpaired) electrons. The van der Waals surface area contributed by atoms with E-state index in [1.54, 1.807) is 11.8 Å². The third-order valence-corrected chi connectivity index (χ3v) is 4.57. The zero-order valence-electron chi connectivity index (χ0n) is 12.0. The Morgan fingerprint density at radius 1 is 1.33 bits per heavy atom. The van der Waals surface area contributed by atoms with Gasteiger partial charge in [0.2, 0.25) is 0 Å². The highest BCUT2D eigenvalue weighted by molar-refractivity contribution is 5.84. The summed E-state index contributed by atoms with van der Waals surface area (Å²) in [5.41, 5.74) is 2.06. The first kappa shape index (κ1) is 14.1. The van der Waals surface area contributed by atoms with Crippen LogP contribution >= 0.6 is 0 Å². The van der Waals surface area contributed by atoms with Gasteiger partial charge in [0, 0.05) is 12.6 Å². The summed E-state index contributed by atoms with van der Waals surface area (Å²) in [6.45, 7) is 2.81. The van der Waals surface area contributed by atoms with Crippen molar-refractivity contribution >= 4 is 11.9 Å². The minimum atomic E-state index is -0.831. The summed E-state index contributed by atoms with van der Waals surface area (Å²) >= 11 is 0. The fourth-order valence-corrected chi connectivity index (χ4v) is 3.33. The molecule has 3 unspecified atom stereocenters. The number of carboxylic acid groups (broad SMARTS) is 1. The van der Waals surface area contributed by atoms with Gasteiger partial charge in [-0.3, -0.25) is 9.59 Å². The van der Waals surface area contributed by atoms with Crippen LogP contribution in [0.1, 0.15) is 30.6 Å². The maximum Gasteiger partial charge on any atom is 0.308 e. The van der Waals surface area contributed by atoms with Gasteiger partial charge in [-0.1, -0.05) is 24.3 Å². The van der Waals surface area contributed by atoms with Crippen molar-refractivity contribution in [3.63, 3.8) is 0 Å². The molecule has 0 aliphatic carbocycles. The van der Waals surface area contributed by atoms with Crippen molar-refractivity contribution in [1.82, 2.24) is 4.90 Å². The van der Waals surface area contributed by atoms with Gasteiger partial charge in [-0.2, -0.15) is 0 Å². The van der Waals surface area contributed by atoms with Crippen LogP contribution in [0.5, 0.6) is 0 Å². The molecular weight excluding hydrogens is 270 g/mol. The van der Waals surface area contributed by atoms with Crippen LogP contribution in [0, 0.1) is 5.92 Å². The largest absolute Gasteiger partial charge is 0.481 e. The Balaban J connectivity index is 1.83. The van der Waals surface area contributed by atoms with Crippen LogP contribution in [-0.2, 0) is 20.7 Å². The van der Waals surface area contributed by atoms with Crippen LogP contribution in [0.2, 0.25) is 0 Å². The van der Waals surface area contributed by atoms with Gasteiger partial charge in [0.15, 0.2) is 6.10 Å².